The number of likely N-dealkylation sites (N-methyl/N-ethyl adjacent to an activating group) is 1. The minimum absolute atomic E-state index is 0.219. The molecular weight excluding hydrogens is 302 g/mol. The van der Waals surface area contributed by atoms with Crippen LogP contribution in [0.4, 0.5) is 11.6 Å². The average Bonchev–Trinajstić information content (AvgIpc) is 2.49. The zero-order valence-corrected chi connectivity index (χ0v) is 13.3. The van der Waals surface area contributed by atoms with Crippen LogP contribution in [0, 0.1) is 0 Å². The molecule has 0 atom stereocenters. The fraction of sp³-hybridized carbons (Fsp3) is 0.267. The highest BCUT2D eigenvalue weighted by molar-refractivity contribution is 6.30. The van der Waals surface area contributed by atoms with E-state index in [0.29, 0.717) is 23.2 Å². The number of rotatable bonds is 6. The Hall–Kier alpha value is -2.18. The Kier molecular flexibility index (Phi) is 5.68. The first-order valence-corrected chi connectivity index (χ1v) is 7.21. The highest BCUT2D eigenvalue weighted by atomic mass is 35.5. The van der Waals surface area contributed by atoms with E-state index in [9.17, 15) is 4.79 Å². The average molecular weight is 320 g/mol. The number of halogens is 1. The molecule has 2 N–H and O–H groups in total. The number of carbonyl (C=O) groups excluding carboxylic acids is 1. The summed E-state index contributed by atoms with van der Waals surface area (Å²) in [5.74, 6) is 0.144. The van der Waals surface area contributed by atoms with Crippen LogP contribution in [0.1, 0.15) is 10.5 Å². The predicted molar refractivity (Wildman–Crippen MR) is 87.7 cm³/mol. The summed E-state index contributed by atoms with van der Waals surface area (Å²) in [6, 6.07) is 8.74. The van der Waals surface area contributed by atoms with Crippen molar-refractivity contribution in [3.05, 3.63) is 47.2 Å². The summed E-state index contributed by atoms with van der Waals surface area (Å²) < 4.78 is 0. The molecule has 0 fully saturated rings. The van der Waals surface area contributed by atoms with Gasteiger partial charge >= 0.3 is 0 Å². The molecule has 6 nitrogen and oxygen atoms in total. The van der Waals surface area contributed by atoms with Crippen molar-refractivity contribution in [2.24, 2.45) is 0 Å². The van der Waals surface area contributed by atoms with Crippen molar-refractivity contribution >= 4 is 29.1 Å². The van der Waals surface area contributed by atoms with E-state index in [0.717, 1.165) is 12.2 Å². The molecule has 1 heterocycles. The van der Waals surface area contributed by atoms with Gasteiger partial charge < -0.3 is 15.5 Å². The molecule has 0 aliphatic heterocycles. The molecule has 0 saturated heterocycles. The molecule has 7 heteroatoms. The Morgan fingerprint density at radius 2 is 1.95 bits per heavy atom. The Bertz CT molecular complexity index is 630. The van der Waals surface area contributed by atoms with Gasteiger partial charge in [-0.2, -0.15) is 0 Å². The molecule has 2 rings (SSSR count). The summed E-state index contributed by atoms with van der Waals surface area (Å²) in [4.78, 5) is 22.3. The molecule has 0 radical (unpaired) electrons. The Labute approximate surface area is 134 Å². The van der Waals surface area contributed by atoms with Crippen LogP contribution in [0.3, 0.4) is 0 Å². The van der Waals surface area contributed by atoms with Crippen molar-refractivity contribution in [3.8, 4) is 0 Å². The van der Waals surface area contributed by atoms with Gasteiger partial charge in [-0.3, -0.25) is 4.79 Å². The molecule has 116 valence electrons. The van der Waals surface area contributed by atoms with E-state index in [1.54, 1.807) is 24.4 Å². The van der Waals surface area contributed by atoms with Gasteiger partial charge in [-0.25, -0.2) is 9.97 Å². The van der Waals surface area contributed by atoms with Gasteiger partial charge in [0.15, 0.2) is 0 Å². The smallest absolute Gasteiger partial charge is 0.270 e. The summed E-state index contributed by atoms with van der Waals surface area (Å²) in [6.07, 6.45) is 1.55. The standard InChI is InChI=1S/C15H18ClN5O/c1-21(2)10-9-17-14(22)13-7-8-18-15(20-13)19-12-5-3-11(16)4-6-12/h3-8H,9-10H2,1-2H3,(H,17,22)(H,18,19,20). The Balaban J connectivity index is 2.00. The number of carbonyl (C=O) groups is 1. The molecule has 0 bridgehead atoms. The Morgan fingerprint density at radius 1 is 1.23 bits per heavy atom. The first-order valence-electron chi connectivity index (χ1n) is 6.83. The fourth-order valence-electron chi connectivity index (χ4n) is 1.69. The third-order valence-corrected chi connectivity index (χ3v) is 3.09. The maximum absolute atomic E-state index is 12.0. The van der Waals surface area contributed by atoms with Crippen LogP contribution in [0.5, 0.6) is 0 Å². The number of hydrogen-bond acceptors (Lipinski definition) is 5. The zero-order chi connectivity index (χ0) is 15.9. The minimum Gasteiger partial charge on any atom is -0.349 e. The van der Waals surface area contributed by atoms with E-state index < -0.39 is 0 Å². The van der Waals surface area contributed by atoms with Crippen LogP contribution in [0.2, 0.25) is 5.02 Å². The second-order valence-electron chi connectivity index (χ2n) is 4.96. The number of nitrogens with one attached hydrogen (secondary N) is 2. The highest BCUT2D eigenvalue weighted by Crippen LogP contribution is 2.16. The first kappa shape index (κ1) is 16.2. The summed E-state index contributed by atoms with van der Waals surface area (Å²) >= 11 is 5.84. The predicted octanol–water partition coefficient (Wildman–Crippen LogP) is 2.17. The molecule has 0 aliphatic rings. The van der Waals surface area contributed by atoms with Crippen molar-refractivity contribution in [2.45, 2.75) is 0 Å². The third-order valence-electron chi connectivity index (χ3n) is 2.83. The normalized spacial score (nSPS) is 10.5. The number of hydrogen-bond donors (Lipinski definition) is 2. The van der Waals surface area contributed by atoms with E-state index >= 15 is 0 Å². The van der Waals surface area contributed by atoms with Gasteiger partial charge in [0.2, 0.25) is 5.95 Å². The largest absolute Gasteiger partial charge is 0.349 e. The van der Waals surface area contributed by atoms with Crippen molar-refractivity contribution in [1.29, 1.82) is 0 Å². The molecule has 22 heavy (non-hydrogen) atoms. The lowest BCUT2D eigenvalue weighted by Crippen LogP contribution is -2.31. The third kappa shape index (κ3) is 4.98. The van der Waals surface area contributed by atoms with E-state index in [1.807, 2.05) is 31.1 Å². The van der Waals surface area contributed by atoms with Crippen LogP contribution in [0.15, 0.2) is 36.5 Å². The van der Waals surface area contributed by atoms with Crippen LogP contribution in [-0.2, 0) is 0 Å². The second-order valence-corrected chi connectivity index (χ2v) is 5.39. The Morgan fingerprint density at radius 3 is 2.64 bits per heavy atom. The van der Waals surface area contributed by atoms with Crippen molar-refractivity contribution in [3.63, 3.8) is 0 Å². The lowest BCUT2D eigenvalue weighted by Gasteiger charge is -2.10. The van der Waals surface area contributed by atoms with Gasteiger partial charge in [0.25, 0.3) is 5.91 Å². The number of nitrogens with zero attached hydrogens (tertiary/aromatic N) is 3. The molecule has 1 aromatic heterocycles. The van der Waals surface area contributed by atoms with Gasteiger partial charge in [0.05, 0.1) is 0 Å². The SMILES string of the molecule is CN(C)CCNC(=O)c1ccnc(Nc2ccc(Cl)cc2)n1. The first-order chi connectivity index (χ1) is 10.5. The van der Waals surface area contributed by atoms with Gasteiger partial charge in [0.1, 0.15) is 5.69 Å². The second kappa shape index (κ2) is 7.72. The van der Waals surface area contributed by atoms with Gasteiger partial charge in [-0.15, -0.1) is 0 Å². The number of anilines is 2. The van der Waals surface area contributed by atoms with E-state index in [-0.39, 0.29) is 5.91 Å². The van der Waals surface area contributed by atoms with Crippen LogP contribution in [-0.4, -0.2) is 48.0 Å². The summed E-state index contributed by atoms with van der Waals surface area (Å²) in [7, 11) is 3.90. The van der Waals surface area contributed by atoms with E-state index in [4.69, 9.17) is 11.6 Å². The van der Waals surface area contributed by atoms with Crippen molar-refractivity contribution in [1.82, 2.24) is 20.2 Å². The molecule has 2 aromatic rings. The number of amides is 1. The highest BCUT2D eigenvalue weighted by Gasteiger charge is 2.08. The lowest BCUT2D eigenvalue weighted by atomic mass is 10.3. The fourth-order valence-corrected chi connectivity index (χ4v) is 1.82. The van der Waals surface area contributed by atoms with E-state index in [1.165, 1.54) is 0 Å². The molecule has 0 aliphatic carbocycles. The molecule has 0 saturated carbocycles. The minimum atomic E-state index is -0.219. The monoisotopic (exact) mass is 319 g/mol. The van der Waals surface area contributed by atoms with Gasteiger partial charge in [-0.1, -0.05) is 11.6 Å². The summed E-state index contributed by atoms with van der Waals surface area (Å²) in [6.45, 7) is 1.34. The molecule has 0 spiro atoms. The molecule has 1 amide bonds. The van der Waals surface area contributed by atoms with Crippen LogP contribution >= 0.6 is 11.6 Å². The quantitative estimate of drug-likeness (QED) is 0.854. The molecule has 1 aromatic carbocycles. The zero-order valence-electron chi connectivity index (χ0n) is 12.5. The number of aromatic nitrogens is 2. The maximum Gasteiger partial charge on any atom is 0.270 e. The van der Waals surface area contributed by atoms with Crippen LogP contribution < -0.4 is 10.6 Å². The number of benzene rings is 1. The molecule has 0 unspecified atom stereocenters. The molecular formula is C15H18ClN5O. The summed E-state index contributed by atoms with van der Waals surface area (Å²) in [5.41, 5.74) is 1.12. The van der Waals surface area contributed by atoms with Gasteiger partial charge in [-0.05, 0) is 44.4 Å². The topological polar surface area (TPSA) is 70.2 Å². The van der Waals surface area contributed by atoms with Crippen molar-refractivity contribution < 1.29 is 4.79 Å². The van der Waals surface area contributed by atoms with Crippen LogP contribution in [0.25, 0.3) is 0 Å². The van der Waals surface area contributed by atoms with Gasteiger partial charge in [0, 0.05) is 30.0 Å². The van der Waals surface area contributed by atoms with E-state index in [2.05, 4.69) is 20.6 Å². The van der Waals surface area contributed by atoms with Crippen molar-refractivity contribution in [2.75, 3.05) is 32.5 Å². The maximum atomic E-state index is 12.0. The summed E-state index contributed by atoms with van der Waals surface area (Å²) in [5, 5.41) is 6.50. The lowest BCUT2D eigenvalue weighted by molar-refractivity contribution is 0.0946.